The first-order valence-electron chi connectivity index (χ1n) is 7.90. The van der Waals surface area contributed by atoms with Crippen molar-refractivity contribution in [1.29, 1.82) is 0 Å². The third-order valence-corrected chi connectivity index (χ3v) is 3.77. The third-order valence-electron chi connectivity index (χ3n) is 3.77. The lowest BCUT2D eigenvalue weighted by molar-refractivity contribution is -0.137. The van der Waals surface area contributed by atoms with Crippen LogP contribution in [0.4, 0.5) is 19.0 Å². The van der Waals surface area contributed by atoms with Crippen LogP contribution in [0.3, 0.4) is 0 Å². The first kappa shape index (κ1) is 17.7. The van der Waals surface area contributed by atoms with Crippen LogP contribution in [0.15, 0.2) is 60.7 Å². The summed E-state index contributed by atoms with van der Waals surface area (Å²) in [6.07, 6.45) is -4.50. The summed E-state index contributed by atoms with van der Waals surface area (Å²) < 4.78 is 40.1. The molecule has 0 unspecified atom stereocenters. The van der Waals surface area contributed by atoms with Crippen molar-refractivity contribution in [3.8, 4) is 0 Å². The lowest BCUT2D eigenvalue weighted by Crippen LogP contribution is -2.17. The molecule has 0 saturated heterocycles. The van der Waals surface area contributed by atoms with Crippen molar-refractivity contribution in [1.82, 2.24) is 9.78 Å². The monoisotopic (exact) mass is 359 g/mol. The van der Waals surface area contributed by atoms with E-state index in [4.69, 9.17) is 0 Å². The summed E-state index contributed by atoms with van der Waals surface area (Å²) >= 11 is 0. The number of anilines is 1. The smallest absolute Gasteiger partial charge is 0.307 e. The van der Waals surface area contributed by atoms with Gasteiger partial charge in [-0.15, -0.1) is 0 Å². The average molecular weight is 359 g/mol. The standard InChI is InChI=1S/C19H16F3N3O/c1-13-10-17(25(24-13)12-14-6-3-2-4-7-14)23-18(26)15-8-5-9-16(11-15)19(20,21)22/h2-11H,12H2,1H3,(H,23,26). The van der Waals surface area contributed by atoms with Crippen LogP contribution in [0.5, 0.6) is 0 Å². The Morgan fingerprint density at radius 1 is 1.08 bits per heavy atom. The second kappa shape index (κ2) is 7.03. The molecule has 7 heteroatoms. The molecule has 1 amide bonds. The summed E-state index contributed by atoms with van der Waals surface area (Å²) in [5.74, 6) is -0.195. The van der Waals surface area contributed by atoms with E-state index in [0.717, 1.165) is 17.7 Å². The number of alkyl halides is 3. The number of rotatable bonds is 4. The fraction of sp³-hybridized carbons (Fsp3) is 0.158. The number of amides is 1. The lowest BCUT2D eigenvalue weighted by Gasteiger charge is -2.11. The Kier molecular flexibility index (Phi) is 4.79. The van der Waals surface area contributed by atoms with Crippen molar-refractivity contribution in [2.75, 3.05) is 5.32 Å². The highest BCUT2D eigenvalue weighted by Gasteiger charge is 2.31. The van der Waals surface area contributed by atoms with Crippen molar-refractivity contribution in [2.24, 2.45) is 0 Å². The highest BCUT2D eigenvalue weighted by Crippen LogP contribution is 2.29. The zero-order valence-corrected chi connectivity index (χ0v) is 13.9. The summed E-state index contributed by atoms with van der Waals surface area (Å²) in [4.78, 5) is 12.4. The molecule has 0 aliphatic heterocycles. The minimum Gasteiger partial charge on any atom is -0.307 e. The van der Waals surface area contributed by atoms with Gasteiger partial charge in [-0.05, 0) is 30.7 Å². The molecular weight excluding hydrogens is 343 g/mol. The fourth-order valence-corrected chi connectivity index (χ4v) is 2.55. The summed E-state index contributed by atoms with van der Waals surface area (Å²) in [6, 6.07) is 15.5. The maximum atomic E-state index is 12.8. The normalized spacial score (nSPS) is 11.4. The van der Waals surface area contributed by atoms with Crippen molar-refractivity contribution >= 4 is 11.7 Å². The molecule has 0 aliphatic carbocycles. The Bertz CT molecular complexity index is 917. The van der Waals surface area contributed by atoms with Crippen LogP contribution in [0.1, 0.15) is 27.2 Å². The van der Waals surface area contributed by atoms with Gasteiger partial charge in [0.25, 0.3) is 5.91 Å². The van der Waals surface area contributed by atoms with E-state index in [0.29, 0.717) is 18.1 Å². The Morgan fingerprint density at radius 2 is 1.81 bits per heavy atom. The molecule has 1 N–H and O–H groups in total. The molecule has 0 fully saturated rings. The maximum absolute atomic E-state index is 12.8. The first-order valence-corrected chi connectivity index (χ1v) is 7.90. The number of halogens is 3. The van der Waals surface area contributed by atoms with Gasteiger partial charge in [0.15, 0.2) is 0 Å². The van der Waals surface area contributed by atoms with E-state index in [-0.39, 0.29) is 5.56 Å². The van der Waals surface area contributed by atoms with Crippen LogP contribution in [0, 0.1) is 6.92 Å². The highest BCUT2D eigenvalue weighted by atomic mass is 19.4. The maximum Gasteiger partial charge on any atom is 0.416 e. The molecule has 3 rings (SSSR count). The predicted molar refractivity (Wildman–Crippen MR) is 91.9 cm³/mol. The topological polar surface area (TPSA) is 46.9 Å². The predicted octanol–water partition coefficient (Wildman–Crippen LogP) is 4.51. The fourth-order valence-electron chi connectivity index (χ4n) is 2.55. The molecule has 1 aromatic heterocycles. The van der Waals surface area contributed by atoms with Gasteiger partial charge in [0.1, 0.15) is 5.82 Å². The van der Waals surface area contributed by atoms with Gasteiger partial charge in [-0.25, -0.2) is 4.68 Å². The van der Waals surface area contributed by atoms with E-state index in [1.54, 1.807) is 17.7 Å². The molecule has 0 spiro atoms. The van der Waals surface area contributed by atoms with Crippen LogP contribution in [0.25, 0.3) is 0 Å². The molecule has 134 valence electrons. The molecule has 1 heterocycles. The Morgan fingerprint density at radius 3 is 2.50 bits per heavy atom. The van der Waals surface area contributed by atoms with Crippen molar-refractivity contribution in [3.63, 3.8) is 0 Å². The molecule has 26 heavy (non-hydrogen) atoms. The number of aromatic nitrogens is 2. The van der Waals surface area contributed by atoms with Crippen LogP contribution in [-0.4, -0.2) is 15.7 Å². The minimum atomic E-state index is -4.50. The zero-order valence-electron chi connectivity index (χ0n) is 13.9. The van der Waals surface area contributed by atoms with Gasteiger partial charge >= 0.3 is 6.18 Å². The summed E-state index contributed by atoms with van der Waals surface area (Å²) in [5, 5.41) is 6.97. The van der Waals surface area contributed by atoms with E-state index < -0.39 is 17.6 Å². The largest absolute Gasteiger partial charge is 0.416 e. The molecular formula is C19H16F3N3O. The first-order chi connectivity index (χ1) is 12.3. The zero-order chi connectivity index (χ0) is 18.7. The van der Waals surface area contributed by atoms with Crippen molar-refractivity contribution < 1.29 is 18.0 Å². The molecule has 2 aromatic carbocycles. The van der Waals surface area contributed by atoms with Gasteiger partial charge < -0.3 is 5.32 Å². The van der Waals surface area contributed by atoms with E-state index in [1.165, 1.54) is 12.1 Å². The third kappa shape index (κ3) is 4.11. The van der Waals surface area contributed by atoms with Crippen LogP contribution < -0.4 is 5.32 Å². The van der Waals surface area contributed by atoms with Crippen molar-refractivity contribution in [2.45, 2.75) is 19.6 Å². The summed E-state index contributed by atoms with van der Waals surface area (Å²) in [6.45, 7) is 2.22. The van der Waals surface area contributed by atoms with Crippen molar-refractivity contribution in [3.05, 3.63) is 83.0 Å². The minimum absolute atomic E-state index is 0.0649. The van der Waals surface area contributed by atoms with Gasteiger partial charge in [0, 0.05) is 11.6 Å². The number of carbonyl (C=O) groups excluding carboxylic acids is 1. The molecule has 3 aromatic rings. The lowest BCUT2D eigenvalue weighted by atomic mass is 10.1. The summed E-state index contributed by atoms with van der Waals surface area (Å²) in [5.41, 5.74) is 0.759. The molecule has 0 radical (unpaired) electrons. The molecule has 0 bridgehead atoms. The summed E-state index contributed by atoms with van der Waals surface area (Å²) in [7, 11) is 0. The van der Waals surface area contributed by atoms with Crippen LogP contribution in [0.2, 0.25) is 0 Å². The Labute approximate surface area is 148 Å². The number of aryl methyl sites for hydroxylation is 1. The number of benzene rings is 2. The van der Waals surface area contributed by atoms with E-state index in [9.17, 15) is 18.0 Å². The quantitative estimate of drug-likeness (QED) is 0.745. The van der Waals surface area contributed by atoms with Gasteiger partial charge in [-0.3, -0.25) is 4.79 Å². The van der Waals surface area contributed by atoms with Gasteiger partial charge in [0.05, 0.1) is 17.8 Å². The second-order valence-electron chi connectivity index (χ2n) is 5.85. The number of carbonyl (C=O) groups is 1. The number of hydrogen-bond donors (Lipinski definition) is 1. The van der Waals surface area contributed by atoms with Crippen LogP contribution >= 0.6 is 0 Å². The van der Waals surface area contributed by atoms with Crippen LogP contribution in [-0.2, 0) is 12.7 Å². The highest BCUT2D eigenvalue weighted by molar-refractivity contribution is 6.04. The van der Waals surface area contributed by atoms with E-state index >= 15 is 0 Å². The molecule has 4 nitrogen and oxygen atoms in total. The molecule has 0 atom stereocenters. The second-order valence-corrected chi connectivity index (χ2v) is 5.85. The number of hydrogen-bond acceptors (Lipinski definition) is 2. The van der Waals surface area contributed by atoms with E-state index in [2.05, 4.69) is 10.4 Å². The number of nitrogens with one attached hydrogen (secondary N) is 1. The Balaban J connectivity index is 1.82. The van der Waals surface area contributed by atoms with Gasteiger partial charge in [-0.1, -0.05) is 36.4 Å². The molecule has 0 aliphatic rings. The van der Waals surface area contributed by atoms with E-state index in [1.807, 2.05) is 30.3 Å². The van der Waals surface area contributed by atoms with Gasteiger partial charge in [0.2, 0.25) is 0 Å². The number of nitrogens with zero attached hydrogens (tertiary/aromatic N) is 2. The Hall–Kier alpha value is -3.09. The average Bonchev–Trinajstić information content (AvgIpc) is 2.94. The molecule has 0 saturated carbocycles. The SMILES string of the molecule is Cc1cc(NC(=O)c2cccc(C(F)(F)F)c2)n(Cc2ccccc2)n1. The van der Waals surface area contributed by atoms with Gasteiger partial charge in [-0.2, -0.15) is 18.3 Å².